The van der Waals surface area contributed by atoms with Crippen molar-refractivity contribution in [2.24, 2.45) is 17.8 Å². The number of nitrogens with zero attached hydrogens (tertiary/aromatic N) is 5. The molecule has 8 heteroatoms. The Balaban J connectivity index is 1.48. The maximum Gasteiger partial charge on any atom is 0.231 e. The Morgan fingerprint density at radius 3 is 2.79 bits per heavy atom. The van der Waals surface area contributed by atoms with Gasteiger partial charge in [0.2, 0.25) is 11.9 Å². The lowest BCUT2D eigenvalue weighted by Crippen LogP contribution is -2.42. The summed E-state index contributed by atoms with van der Waals surface area (Å²) in [6.07, 6.45) is 8.14. The quantitative estimate of drug-likeness (QED) is 0.883. The first-order valence-electron chi connectivity index (χ1n) is 7.98. The van der Waals surface area contributed by atoms with E-state index in [9.17, 15) is 4.79 Å². The molecular weight excluding hydrogens is 308 g/mol. The lowest BCUT2D eigenvalue weighted by atomic mass is 9.82. The van der Waals surface area contributed by atoms with Crippen molar-refractivity contribution < 1.29 is 9.53 Å². The molecule has 0 saturated carbocycles. The van der Waals surface area contributed by atoms with Crippen molar-refractivity contribution in [2.75, 3.05) is 36.5 Å². The number of aromatic nitrogens is 4. The molecule has 2 aliphatic heterocycles. The summed E-state index contributed by atoms with van der Waals surface area (Å²) in [6.45, 7) is 2.67. The fraction of sp³-hybridized carbons (Fsp3) is 0.438. The van der Waals surface area contributed by atoms with Crippen LogP contribution in [0, 0.1) is 17.8 Å². The Labute approximate surface area is 139 Å². The minimum Gasteiger partial charge on any atom is -0.380 e. The molecule has 0 aromatic carbocycles. The van der Waals surface area contributed by atoms with Crippen molar-refractivity contribution in [3.8, 4) is 0 Å². The van der Waals surface area contributed by atoms with Crippen molar-refractivity contribution in [2.45, 2.75) is 0 Å². The molecule has 2 aromatic rings. The molecule has 0 radical (unpaired) electrons. The standard InChI is InChI=1S/C16H18N6O2/c23-15(21-14-6-17-4-5-18-14)13-10-24-9-11-7-22(8-12(11)13)16-19-2-1-3-20-16/h1-6,11-13H,7-10H2,(H,18,21,23)/t11-,12-,13+/m0/s1. The van der Waals surface area contributed by atoms with E-state index in [4.69, 9.17) is 4.74 Å². The smallest absolute Gasteiger partial charge is 0.231 e. The third-order valence-corrected chi connectivity index (χ3v) is 4.62. The number of nitrogens with one attached hydrogen (secondary N) is 1. The molecular formula is C16H18N6O2. The summed E-state index contributed by atoms with van der Waals surface area (Å²) in [5.41, 5.74) is 0. The number of anilines is 2. The number of amides is 1. The molecule has 0 aliphatic carbocycles. The SMILES string of the molecule is O=C(Nc1cnccn1)[C@@H]1COC[C@@H]2CN(c3ncccn3)C[C@@H]21. The highest BCUT2D eigenvalue weighted by Crippen LogP contribution is 2.35. The topological polar surface area (TPSA) is 93.1 Å². The summed E-state index contributed by atoms with van der Waals surface area (Å²) in [7, 11) is 0. The zero-order valence-corrected chi connectivity index (χ0v) is 13.1. The number of carbonyl (C=O) groups excluding carboxylic acids is 1. The Kier molecular flexibility index (Phi) is 4.04. The van der Waals surface area contributed by atoms with Gasteiger partial charge in [-0.2, -0.15) is 0 Å². The van der Waals surface area contributed by atoms with Crippen LogP contribution in [0.15, 0.2) is 37.1 Å². The highest BCUT2D eigenvalue weighted by atomic mass is 16.5. The zero-order valence-electron chi connectivity index (χ0n) is 13.1. The van der Waals surface area contributed by atoms with Gasteiger partial charge in [-0.05, 0) is 12.0 Å². The Hall–Kier alpha value is -2.61. The van der Waals surface area contributed by atoms with Gasteiger partial charge in [-0.1, -0.05) is 0 Å². The number of fused-ring (bicyclic) bond motifs is 1. The molecule has 1 N–H and O–H groups in total. The molecule has 2 aromatic heterocycles. The molecule has 2 saturated heterocycles. The highest BCUT2D eigenvalue weighted by molar-refractivity contribution is 5.92. The van der Waals surface area contributed by atoms with Crippen LogP contribution in [0.5, 0.6) is 0 Å². The van der Waals surface area contributed by atoms with Gasteiger partial charge in [0.1, 0.15) is 0 Å². The summed E-state index contributed by atoms with van der Waals surface area (Å²) in [5.74, 6) is 1.42. The largest absolute Gasteiger partial charge is 0.380 e. The van der Waals surface area contributed by atoms with Crippen LogP contribution < -0.4 is 10.2 Å². The summed E-state index contributed by atoms with van der Waals surface area (Å²) >= 11 is 0. The van der Waals surface area contributed by atoms with Crippen LogP contribution in [0.4, 0.5) is 11.8 Å². The van der Waals surface area contributed by atoms with Crippen LogP contribution in [-0.4, -0.2) is 52.1 Å². The lowest BCUT2D eigenvalue weighted by molar-refractivity contribution is -0.128. The van der Waals surface area contributed by atoms with Crippen molar-refractivity contribution in [3.63, 3.8) is 0 Å². The average molecular weight is 326 g/mol. The number of hydrogen-bond acceptors (Lipinski definition) is 7. The highest BCUT2D eigenvalue weighted by Gasteiger charge is 2.44. The summed E-state index contributed by atoms with van der Waals surface area (Å²) in [6, 6.07) is 1.80. The summed E-state index contributed by atoms with van der Waals surface area (Å²) < 4.78 is 5.67. The zero-order chi connectivity index (χ0) is 16.4. The van der Waals surface area contributed by atoms with Gasteiger partial charge in [-0.3, -0.25) is 9.78 Å². The molecule has 1 amide bonds. The molecule has 124 valence electrons. The maximum absolute atomic E-state index is 12.6. The van der Waals surface area contributed by atoms with Gasteiger partial charge in [0, 0.05) is 43.8 Å². The van der Waals surface area contributed by atoms with E-state index in [-0.39, 0.29) is 17.7 Å². The van der Waals surface area contributed by atoms with Gasteiger partial charge in [0.05, 0.1) is 25.3 Å². The molecule has 8 nitrogen and oxygen atoms in total. The van der Waals surface area contributed by atoms with E-state index in [1.807, 2.05) is 0 Å². The normalized spacial score (nSPS) is 26.0. The third-order valence-electron chi connectivity index (χ3n) is 4.62. The Morgan fingerprint density at radius 2 is 2.00 bits per heavy atom. The van der Waals surface area contributed by atoms with E-state index in [0.29, 0.717) is 30.9 Å². The van der Waals surface area contributed by atoms with Crippen LogP contribution in [-0.2, 0) is 9.53 Å². The molecule has 2 fully saturated rings. The number of carbonyl (C=O) groups is 1. The Bertz CT molecular complexity index is 698. The van der Waals surface area contributed by atoms with Crippen molar-refractivity contribution >= 4 is 17.7 Å². The van der Waals surface area contributed by atoms with Crippen LogP contribution >= 0.6 is 0 Å². The fourth-order valence-corrected chi connectivity index (χ4v) is 3.47. The first-order valence-corrected chi connectivity index (χ1v) is 7.98. The molecule has 0 spiro atoms. The van der Waals surface area contributed by atoms with E-state index in [2.05, 4.69) is 30.2 Å². The fourth-order valence-electron chi connectivity index (χ4n) is 3.47. The van der Waals surface area contributed by atoms with E-state index in [1.165, 1.54) is 6.20 Å². The average Bonchev–Trinajstić information content (AvgIpc) is 3.07. The molecule has 4 heterocycles. The molecule has 3 atom stereocenters. The number of ether oxygens (including phenoxy) is 1. The molecule has 2 aliphatic rings. The van der Waals surface area contributed by atoms with Gasteiger partial charge in [0.15, 0.2) is 5.82 Å². The monoisotopic (exact) mass is 326 g/mol. The lowest BCUT2D eigenvalue weighted by Gasteiger charge is -2.31. The van der Waals surface area contributed by atoms with Gasteiger partial charge in [-0.25, -0.2) is 15.0 Å². The minimum absolute atomic E-state index is 0.0685. The number of rotatable bonds is 3. The van der Waals surface area contributed by atoms with Crippen LogP contribution in [0.2, 0.25) is 0 Å². The van der Waals surface area contributed by atoms with Crippen molar-refractivity contribution in [1.82, 2.24) is 19.9 Å². The van der Waals surface area contributed by atoms with E-state index < -0.39 is 0 Å². The van der Waals surface area contributed by atoms with Gasteiger partial charge < -0.3 is 15.0 Å². The second-order valence-corrected chi connectivity index (χ2v) is 6.10. The predicted octanol–water partition coefficient (Wildman–Crippen LogP) is 0.604. The Morgan fingerprint density at radius 1 is 1.12 bits per heavy atom. The van der Waals surface area contributed by atoms with Gasteiger partial charge in [-0.15, -0.1) is 0 Å². The van der Waals surface area contributed by atoms with Crippen LogP contribution in [0.1, 0.15) is 0 Å². The maximum atomic E-state index is 12.6. The molecule has 4 rings (SSSR count). The molecule has 0 unspecified atom stereocenters. The summed E-state index contributed by atoms with van der Waals surface area (Å²) in [4.78, 5) is 31.5. The number of hydrogen-bond donors (Lipinski definition) is 1. The van der Waals surface area contributed by atoms with E-state index >= 15 is 0 Å². The van der Waals surface area contributed by atoms with Crippen LogP contribution in [0.3, 0.4) is 0 Å². The molecule has 0 bridgehead atoms. The predicted molar refractivity (Wildman–Crippen MR) is 86.2 cm³/mol. The van der Waals surface area contributed by atoms with E-state index in [0.717, 1.165) is 13.1 Å². The molecule has 24 heavy (non-hydrogen) atoms. The minimum atomic E-state index is -0.209. The van der Waals surface area contributed by atoms with Crippen molar-refractivity contribution in [1.29, 1.82) is 0 Å². The van der Waals surface area contributed by atoms with Gasteiger partial charge in [0.25, 0.3) is 0 Å². The second-order valence-electron chi connectivity index (χ2n) is 6.10. The van der Waals surface area contributed by atoms with Crippen molar-refractivity contribution in [3.05, 3.63) is 37.1 Å². The third kappa shape index (κ3) is 2.92. The summed E-state index contributed by atoms with van der Waals surface area (Å²) in [5, 5.41) is 2.84. The van der Waals surface area contributed by atoms with Gasteiger partial charge >= 0.3 is 0 Å². The van der Waals surface area contributed by atoms with Crippen LogP contribution in [0.25, 0.3) is 0 Å². The first kappa shape index (κ1) is 14.9. The van der Waals surface area contributed by atoms with E-state index in [1.54, 1.807) is 30.9 Å². The second kappa shape index (κ2) is 6.48. The first-order chi connectivity index (χ1) is 11.8.